The average molecular weight is 1140 g/mol. The Bertz CT molecular complexity index is 1790. The average Bonchev–Trinajstić information content (AvgIpc) is 3.50. The first-order chi connectivity index (χ1) is 38.8. The van der Waals surface area contributed by atoms with Crippen LogP contribution in [0.4, 0.5) is 0 Å². The highest BCUT2D eigenvalue weighted by atomic mass is 16.8. The molecule has 0 spiro atoms. The van der Waals surface area contributed by atoms with Gasteiger partial charge in [0.2, 0.25) is 5.91 Å². The van der Waals surface area contributed by atoms with Gasteiger partial charge in [-0.25, -0.2) is 0 Å². The summed E-state index contributed by atoms with van der Waals surface area (Å²) in [6.07, 6.45) is 25.7. The molecule has 12 N–H and O–H groups in total. The summed E-state index contributed by atoms with van der Waals surface area (Å²) >= 11 is 0. The maximum atomic E-state index is 13.3. The van der Waals surface area contributed by atoms with Crippen molar-refractivity contribution in [2.75, 3.05) is 26.4 Å². The molecule has 0 saturated carbocycles. The molecule has 19 nitrogen and oxygen atoms in total. The van der Waals surface area contributed by atoms with E-state index in [0.29, 0.717) is 12.8 Å². The number of carbonyl (C=O) groups is 1. The van der Waals surface area contributed by atoms with E-state index in [1.54, 1.807) is 6.08 Å². The Kier molecular flexibility index (Phi) is 38.8. The van der Waals surface area contributed by atoms with Crippen molar-refractivity contribution in [3.05, 3.63) is 85.1 Å². The highest BCUT2D eigenvalue weighted by molar-refractivity contribution is 5.76. The fraction of sp³-hybridized carbons (Fsp3) is 0.754. The second-order valence-corrected chi connectivity index (χ2v) is 21.1. The third kappa shape index (κ3) is 27.1. The Morgan fingerprint density at radius 1 is 0.463 bits per heavy atom. The molecule has 19 heteroatoms. The van der Waals surface area contributed by atoms with Gasteiger partial charge in [-0.15, -0.1) is 0 Å². The van der Waals surface area contributed by atoms with E-state index in [9.17, 15) is 61.0 Å². The lowest BCUT2D eigenvalue weighted by Gasteiger charge is -2.48. The van der Waals surface area contributed by atoms with Crippen LogP contribution in [0.15, 0.2) is 85.1 Å². The molecule has 3 rings (SSSR count). The largest absolute Gasteiger partial charge is 0.394 e. The number of aliphatic hydroxyl groups is 11. The predicted octanol–water partition coefficient (Wildman–Crippen LogP) is 5.20. The van der Waals surface area contributed by atoms with E-state index in [-0.39, 0.29) is 12.3 Å². The number of carbonyl (C=O) groups excluding carboxylic acids is 1. The van der Waals surface area contributed by atoms with Crippen molar-refractivity contribution in [1.82, 2.24) is 5.32 Å². The zero-order valence-electron chi connectivity index (χ0n) is 47.8. The van der Waals surface area contributed by atoms with Crippen LogP contribution in [0.5, 0.6) is 0 Å². The Hall–Kier alpha value is -3.03. The van der Waals surface area contributed by atoms with Gasteiger partial charge in [0.25, 0.3) is 0 Å². The van der Waals surface area contributed by atoms with Crippen LogP contribution in [-0.4, -0.2) is 193 Å². The second kappa shape index (κ2) is 43.6. The first kappa shape index (κ1) is 71.2. The lowest BCUT2D eigenvalue weighted by molar-refractivity contribution is -0.379. The number of hydrogen-bond donors (Lipinski definition) is 12. The quantitative estimate of drug-likeness (QED) is 0.0276. The highest BCUT2D eigenvalue weighted by Gasteiger charge is 2.53. The molecule has 1 amide bonds. The van der Waals surface area contributed by atoms with Crippen LogP contribution in [-0.2, 0) is 33.2 Å². The molecule has 3 heterocycles. The van der Waals surface area contributed by atoms with Crippen molar-refractivity contribution in [2.24, 2.45) is 0 Å². The molecule has 3 saturated heterocycles. The van der Waals surface area contributed by atoms with Crippen molar-refractivity contribution in [3.8, 4) is 0 Å². The number of hydrogen-bond acceptors (Lipinski definition) is 18. The van der Waals surface area contributed by atoms with Crippen LogP contribution in [0.1, 0.15) is 162 Å². The summed E-state index contributed by atoms with van der Waals surface area (Å²) < 4.78 is 34.2. The van der Waals surface area contributed by atoms with E-state index < -0.39 is 131 Å². The Balaban J connectivity index is 1.54. The maximum Gasteiger partial charge on any atom is 0.220 e. The number of rotatable bonds is 42. The first-order valence-electron chi connectivity index (χ1n) is 29.8. The zero-order valence-corrected chi connectivity index (χ0v) is 47.8. The molecule has 3 aliphatic heterocycles. The monoisotopic (exact) mass is 1140 g/mol. The summed E-state index contributed by atoms with van der Waals surface area (Å²) in [5.74, 6) is -0.334. The van der Waals surface area contributed by atoms with Crippen molar-refractivity contribution in [2.45, 2.75) is 266 Å². The molecule has 17 atom stereocenters. The van der Waals surface area contributed by atoms with E-state index in [1.165, 1.54) is 64.2 Å². The van der Waals surface area contributed by atoms with Gasteiger partial charge in [-0.2, -0.15) is 0 Å². The number of amides is 1. The van der Waals surface area contributed by atoms with E-state index in [4.69, 9.17) is 28.4 Å². The molecule has 3 fully saturated rings. The Morgan fingerprint density at radius 2 is 0.875 bits per heavy atom. The van der Waals surface area contributed by atoms with Crippen LogP contribution in [0.3, 0.4) is 0 Å². The van der Waals surface area contributed by atoms with Gasteiger partial charge >= 0.3 is 0 Å². The minimum atomic E-state index is -1.99. The van der Waals surface area contributed by atoms with Gasteiger partial charge in [0.15, 0.2) is 18.9 Å². The first-order valence-corrected chi connectivity index (χ1v) is 29.8. The fourth-order valence-electron chi connectivity index (χ4n) is 9.51. The topological polar surface area (TPSA) is 307 Å². The molecule has 0 radical (unpaired) electrons. The van der Waals surface area contributed by atoms with Crippen LogP contribution in [0, 0.1) is 0 Å². The van der Waals surface area contributed by atoms with Gasteiger partial charge in [-0.05, 0) is 83.5 Å². The molecular formula is C61H103NO18. The summed E-state index contributed by atoms with van der Waals surface area (Å²) in [7, 11) is 0. The summed E-state index contributed by atoms with van der Waals surface area (Å²) in [5.41, 5.74) is 0. The van der Waals surface area contributed by atoms with Gasteiger partial charge in [0, 0.05) is 6.42 Å². The van der Waals surface area contributed by atoms with E-state index in [2.05, 4.69) is 92.1 Å². The SMILES string of the molecule is CC/C=C\C/C=C\C/C=C\C/C=C\CCCCC(=O)NC(COC1OC(CO)C(OC2OC(CO)C(OC3OC(CO)C(O)C(O)C3O)C(O)C2O)C(O)C1O)C(O)/C=C/CC/C=C/CC/C=C/CCCCCCCCCCCC. The van der Waals surface area contributed by atoms with Crippen LogP contribution in [0.2, 0.25) is 0 Å². The molecule has 460 valence electrons. The fourth-order valence-corrected chi connectivity index (χ4v) is 9.51. The molecule has 17 unspecified atom stereocenters. The molecular weight excluding hydrogens is 1030 g/mol. The van der Waals surface area contributed by atoms with Gasteiger partial charge in [-0.3, -0.25) is 4.79 Å². The maximum absolute atomic E-state index is 13.3. The summed E-state index contributed by atoms with van der Waals surface area (Å²) in [6, 6.07) is -1.02. The molecule has 0 aromatic carbocycles. The normalized spacial score (nSPS) is 30.6. The van der Waals surface area contributed by atoms with Crippen molar-refractivity contribution >= 4 is 5.91 Å². The second-order valence-electron chi connectivity index (χ2n) is 21.1. The summed E-state index contributed by atoms with van der Waals surface area (Å²) in [5, 5.41) is 120. The van der Waals surface area contributed by atoms with E-state index in [1.807, 2.05) is 6.08 Å². The van der Waals surface area contributed by atoms with Crippen molar-refractivity contribution < 1.29 is 89.4 Å². The van der Waals surface area contributed by atoms with E-state index >= 15 is 0 Å². The van der Waals surface area contributed by atoms with Crippen molar-refractivity contribution in [1.29, 1.82) is 0 Å². The number of ether oxygens (including phenoxy) is 6. The standard InChI is InChI=1S/C61H103NO18/c1-3-5-7-9-11-13-15-17-19-20-21-22-23-25-26-28-30-32-34-36-38-45(66)44(62-49(67)39-37-35-33-31-29-27-24-18-16-14-12-10-8-6-4-2)43-75-59-55(73)52(70)57(47(41-64)77-59)80-61-56(74)53(71)58(48(42-65)78-61)79-60-54(72)51(69)50(68)46(40-63)76-60/h6,8,12,14,18,22-24,28-31,36,38,44-48,50-61,63-66,68-74H,3-5,7,9-11,13,15-17,19-21,25-27,32-35,37,39-43H2,1-2H3,(H,62,67)/b8-6-,14-12-,23-22+,24-18-,30-28+,31-29-,38-36+. The highest BCUT2D eigenvalue weighted by Crippen LogP contribution is 2.33. The Morgan fingerprint density at radius 3 is 1.40 bits per heavy atom. The molecule has 0 aliphatic carbocycles. The molecule has 0 aromatic heterocycles. The zero-order chi connectivity index (χ0) is 58.3. The smallest absolute Gasteiger partial charge is 0.220 e. The van der Waals surface area contributed by atoms with Gasteiger partial charge in [0.05, 0.1) is 38.6 Å². The molecule has 0 aromatic rings. The minimum absolute atomic E-state index is 0.175. The third-order valence-electron chi connectivity index (χ3n) is 14.4. The van der Waals surface area contributed by atoms with Crippen molar-refractivity contribution in [3.63, 3.8) is 0 Å². The lowest BCUT2D eigenvalue weighted by Crippen LogP contribution is -2.66. The van der Waals surface area contributed by atoms with Gasteiger partial charge in [0.1, 0.15) is 73.2 Å². The van der Waals surface area contributed by atoms with Crippen LogP contribution >= 0.6 is 0 Å². The Labute approximate surface area is 476 Å². The number of unbranched alkanes of at least 4 members (excludes halogenated alkanes) is 14. The molecule has 80 heavy (non-hydrogen) atoms. The lowest BCUT2D eigenvalue weighted by atomic mass is 9.96. The summed E-state index contributed by atoms with van der Waals surface area (Å²) in [4.78, 5) is 13.3. The van der Waals surface area contributed by atoms with Gasteiger partial charge < -0.3 is 89.9 Å². The third-order valence-corrected chi connectivity index (χ3v) is 14.4. The predicted molar refractivity (Wildman–Crippen MR) is 304 cm³/mol. The van der Waals surface area contributed by atoms with Gasteiger partial charge in [-0.1, -0.05) is 157 Å². The van der Waals surface area contributed by atoms with Crippen LogP contribution in [0.25, 0.3) is 0 Å². The minimum Gasteiger partial charge on any atom is -0.394 e. The van der Waals surface area contributed by atoms with Crippen LogP contribution < -0.4 is 5.32 Å². The number of allylic oxidation sites excluding steroid dienone is 13. The molecule has 0 bridgehead atoms. The number of nitrogens with one attached hydrogen (secondary N) is 1. The number of aliphatic hydroxyl groups excluding tert-OH is 11. The summed E-state index contributed by atoms with van der Waals surface area (Å²) in [6.45, 7) is 1.52. The van der Waals surface area contributed by atoms with E-state index in [0.717, 1.165) is 64.2 Å². The molecule has 3 aliphatic rings.